The summed E-state index contributed by atoms with van der Waals surface area (Å²) in [5, 5.41) is 0. The number of ether oxygens (including phenoxy) is 1. The first-order chi connectivity index (χ1) is 6.25. The molecule has 1 fully saturated rings. The molecule has 70 valence electrons. The summed E-state index contributed by atoms with van der Waals surface area (Å²) < 4.78 is 18.3. The summed E-state index contributed by atoms with van der Waals surface area (Å²) >= 11 is 0. The smallest absolute Gasteiger partial charge is 0.149 e. The van der Waals surface area contributed by atoms with Crippen LogP contribution in [0.2, 0.25) is 0 Å². The van der Waals surface area contributed by atoms with Gasteiger partial charge in [0.25, 0.3) is 0 Å². The first-order valence-electron chi connectivity index (χ1n) is 4.43. The van der Waals surface area contributed by atoms with Gasteiger partial charge in [-0.2, -0.15) is 0 Å². The van der Waals surface area contributed by atoms with E-state index in [1.54, 1.807) is 6.07 Å². The lowest BCUT2D eigenvalue weighted by Gasteiger charge is -2.05. The largest absolute Gasteiger partial charge is 0.493 e. The van der Waals surface area contributed by atoms with Crippen LogP contribution in [-0.4, -0.2) is 6.61 Å². The molecular formula is C10H12FNO. The molecule has 1 aromatic rings. The minimum absolute atomic E-state index is 0.166. The van der Waals surface area contributed by atoms with Gasteiger partial charge in [-0.15, -0.1) is 0 Å². The normalized spacial score (nSPS) is 15.8. The molecule has 0 bridgehead atoms. The van der Waals surface area contributed by atoms with Crippen LogP contribution >= 0.6 is 0 Å². The molecule has 2 N–H and O–H groups in total. The van der Waals surface area contributed by atoms with Crippen LogP contribution in [0.25, 0.3) is 0 Å². The number of rotatable bonds is 3. The zero-order valence-electron chi connectivity index (χ0n) is 7.29. The van der Waals surface area contributed by atoms with Gasteiger partial charge < -0.3 is 10.5 Å². The molecule has 0 saturated heterocycles. The van der Waals surface area contributed by atoms with Crippen LogP contribution in [0.4, 0.5) is 10.1 Å². The third-order valence-electron chi connectivity index (χ3n) is 2.15. The van der Waals surface area contributed by atoms with Crippen LogP contribution < -0.4 is 10.5 Å². The van der Waals surface area contributed by atoms with Gasteiger partial charge in [0, 0.05) is 6.07 Å². The molecule has 1 aliphatic carbocycles. The highest BCUT2D eigenvalue weighted by Gasteiger charge is 2.21. The molecule has 1 aliphatic rings. The molecule has 3 heteroatoms. The predicted molar refractivity (Wildman–Crippen MR) is 49.0 cm³/mol. The van der Waals surface area contributed by atoms with Gasteiger partial charge in [0.1, 0.15) is 11.6 Å². The zero-order chi connectivity index (χ0) is 9.26. The molecule has 2 rings (SSSR count). The van der Waals surface area contributed by atoms with Gasteiger partial charge >= 0.3 is 0 Å². The molecule has 0 heterocycles. The lowest BCUT2D eigenvalue weighted by Crippen LogP contribution is -2.00. The maximum atomic E-state index is 12.9. The van der Waals surface area contributed by atoms with Crippen LogP contribution in [0.5, 0.6) is 5.75 Å². The molecule has 0 aliphatic heterocycles. The molecule has 2 nitrogen and oxygen atoms in total. The monoisotopic (exact) mass is 181 g/mol. The average Bonchev–Trinajstić information content (AvgIpc) is 2.91. The Morgan fingerprint density at radius 3 is 2.85 bits per heavy atom. The van der Waals surface area contributed by atoms with Crippen molar-refractivity contribution in [2.45, 2.75) is 12.8 Å². The highest BCUT2D eigenvalue weighted by Crippen LogP contribution is 2.29. The standard InChI is InChI=1S/C10H12FNO/c11-9-5-8(3-4-10(9)12)13-6-7-1-2-7/h3-5,7H,1-2,6,12H2. The van der Waals surface area contributed by atoms with E-state index < -0.39 is 5.82 Å². The number of benzene rings is 1. The second kappa shape index (κ2) is 3.24. The molecule has 0 unspecified atom stereocenters. The second-order valence-electron chi connectivity index (χ2n) is 3.44. The van der Waals surface area contributed by atoms with Crippen molar-refractivity contribution in [3.63, 3.8) is 0 Å². The zero-order valence-corrected chi connectivity index (χ0v) is 7.29. The third-order valence-corrected chi connectivity index (χ3v) is 2.15. The number of anilines is 1. The van der Waals surface area contributed by atoms with Crippen LogP contribution in [0, 0.1) is 11.7 Å². The maximum absolute atomic E-state index is 12.9. The van der Waals surface area contributed by atoms with Gasteiger partial charge in [0.15, 0.2) is 0 Å². The quantitative estimate of drug-likeness (QED) is 0.725. The van der Waals surface area contributed by atoms with Crippen molar-refractivity contribution in [2.75, 3.05) is 12.3 Å². The van der Waals surface area contributed by atoms with Crippen molar-refractivity contribution in [1.82, 2.24) is 0 Å². The molecular weight excluding hydrogens is 169 g/mol. The van der Waals surface area contributed by atoms with Gasteiger partial charge in [-0.3, -0.25) is 0 Å². The van der Waals surface area contributed by atoms with E-state index in [1.165, 1.54) is 25.0 Å². The van der Waals surface area contributed by atoms with E-state index in [4.69, 9.17) is 10.5 Å². The fourth-order valence-corrected chi connectivity index (χ4v) is 1.10. The molecule has 0 aromatic heterocycles. The highest BCUT2D eigenvalue weighted by molar-refractivity contribution is 5.43. The highest BCUT2D eigenvalue weighted by atomic mass is 19.1. The van der Waals surface area contributed by atoms with Crippen molar-refractivity contribution >= 4 is 5.69 Å². The Hall–Kier alpha value is -1.25. The van der Waals surface area contributed by atoms with Gasteiger partial charge in [0.05, 0.1) is 12.3 Å². The third kappa shape index (κ3) is 2.11. The maximum Gasteiger partial charge on any atom is 0.149 e. The van der Waals surface area contributed by atoms with E-state index in [-0.39, 0.29) is 5.69 Å². The van der Waals surface area contributed by atoms with Crippen LogP contribution in [-0.2, 0) is 0 Å². The fourth-order valence-electron chi connectivity index (χ4n) is 1.10. The summed E-state index contributed by atoms with van der Waals surface area (Å²) in [5.74, 6) is 0.840. The Labute approximate surface area is 76.5 Å². The van der Waals surface area contributed by atoms with E-state index in [0.29, 0.717) is 18.3 Å². The minimum Gasteiger partial charge on any atom is -0.493 e. The van der Waals surface area contributed by atoms with Gasteiger partial charge in [-0.1, -0.05) is 0 Å². The Bertz CT molecular complexity index is 310. The first kappa shape index (κ1) is 8.35. The Morgan fingerprint density at radius 1 is 1.46 bits per heavy atom. The summed E-state index contributed by atoms with van der Waals surface area (Å²) in [6.07, 6.45) is 2.47. The first-order valence-corrected chi connectivity index (χ1v) is 4.43. The SMILES string of the molecule is Nc1ccc(OCC2CC2)cc1F. The Morgan fingerprint density at radius 2 is 2.23 bits per heavy atom. The van der Waals surface area contributed by atoms with Crippen molar-refractivity contribution in [1.29, 1.82) is 0 Å². The van der Waals surface area contributed by atoms with E-state index in [2.05, 4.69) is 0 Å². The summed E-state index contributed by atoms with van der Waals surface area (Å²) in [6, 6.07) is 4.55. The number of hydrogen-bond acceptors (Lipinski definition) is 2. The molecule has 0 atom stereocenters. The lowest BCUT2D eigenvalue weighted by atomic mass is 10.3. The van der Waals surface area contributed by atoms with Gasteiger partial charge in [-0.25, -0.2) is 4.39 Å². The number of nitrogen functional groups attached to an aromatic ring is 1. The van der Waals surface area contributed by atoms with Crippen molar-refractivity contribution in [2.24, 2.45) is 5.92 Å². The molecule has 0 spiro atoms. The topological polar surface area (TPSA) is 35.2 Å². The molecule has 13 heavy (non-hydrogen) atoms. The van der Waals surface area contributed by atoms with Gasteiger partial charge in [0.2, 0.25) is 0 Å². The van der Waals surface area contributed by atoms with Crippen LogP contribution in [0.1, 0.15) is 12.8 Å². The fraction of sp³-hybridized carbons (Fsp3) is 0.400. The number of halogens is 1. The van der Waals surface area contributed by atoms with E-state index >= 15 is 0 Å². The summed E-state index contributed by atoms with van der Waals surface area (Å²) in [7, 11) is 0. The summed E-state index contributed by atoms with van der Waals surface area (Å²) in [4.78, 5) is 0. The molecule has 0 radical (unpaired) electrons. The van der Waals surface area contributed by atoms with Gasteiger partial charge in [-0.05, 0) is 30.9 Å². The predicted octanol–water partition coefficient (Wildman–Crippen LogP) is 2.20. The summed E-state index contributed by atoms with van der Waals surface area (Å²) in [5.41, 5.74) is 5.49. The van der Waals surface area contributed by atoms with Crippen LogP contribution in [0.3, 0.4) is 0 Å². The molecule has 1 aromatic carbocycles. The number of nitrogens with two attached hydrogens (primary N) is 1. The van der Waals surface area contributed by atoms with Crippen LogP contribution in [0.15, 0.2) is 18.2 Å². The number of hydrogen-bond donors (Lipinski definition) is 1. The molecule has 0 amide bonds. The van der Waals surface area contributed by atoms with Crippen molar-refractivity contribution < 1.29 is 9.13 Å². The molecule has 1 saturated carbocycles. The summed E-state index contributed by atoms with van der Waals surface area (Å²) in [6.45, 7) is 0.698. The second-order valence-corrected chi connectivity index (χ2v) is 3.44. The van der Waals surface area contributed by atoms with E-state index in [0.717, 1.165) is 0 Å². The van der Waals surface area contributed by atoms with Crippen molar-refractivity contribution in [3.8, 4) is 5.75 Å². The van der Waals surface area contributed by atoms with Crippen molar-refractivity contribution in [3.05, 3.63) is 24.0 Å². The lowest BCUT2D eigenvalue weighted by molar-refractivity contribution is 0.298. The van der Waals surface area contributed by atoms with E-state index in [1.807, 2.05) is 0 Å². The average molecular weight is 181 g/mol. The Kier molecular flexibility index (Phi) is 2.08. The Balaban J connectivity index is 1.98. The minimum atomic E-state index is -0.409. The van der Waals surface area contributed by atoms with E-state index in [9.17, 15) is 4.39 Å².